The average Bonchev–Trinajstić information content (AvgIpc) is 2.56. The smallest absolute Gasteiger partial charge is 0.0394 e. The van der Waals surface area contributed by atoms with Crippen LogP contribution in [0.1, 0.15) is 70.6 Å². The normalized spacial score (nSPS) is 13.7. The van der Waals surface area contributed by atoms with Crippen LogP contribution in [0.25, 0.3) is 0 Å². The van der Waals surface area contributed by atoms with Gasteiger partial charge in [-0.3, -0.25) is 4.99 Å². The zero-order valence-corrected chi connectivity index (χ0v) is 17.4. The molecular formula is C24H37N. The molecule has 1 heteroatoms. The third-order valence-electron chi connectivity index (χ3n) is 5.01. The Bertz CT molecular complexity index is 629. The van der Waals surface area contributed by atoms with E-state index in [0.717, 1.165) is 19.4 Å². The lowest BCUT2D eigenvalue weighted by Crippen LogP contribution is -2.12. The second kappa shape index (κ2) is 10.4. The van der Waals surface area contributed by atoms with Crippen LogP contribution in [-0.4, -0.2) is 12.8 Å². The molecule has 0 amide bonds. The Labute approximate surface area is 156 Å². The molecule has 0 aliphatic heterocycles. The van der Waals surface area contributed by atoms with Gasteiger partial charge in [-0.1, -0.05) is 63.1 Å². The second-order valence-corrected chi connectivity index (χ2v) is 7.96. The van der Waals surface area contributed by atoms with Crippen LogP contribution in [0, 0.1) is 19.3 Å². The minimum atomic E-state index is 0.393. The molecule has 0 unspecified atom stereocenters. The average molecular weight is 340 g/mol. The molecule has 0 N–H and O–H groups in total. The van der Waals surface area contributed by atoms with Crippen molar-refractivity contribution in [3.63, 3.8) is 0 Å². The van der Waals surface area contributed by atoms with Crippen LogP contribution in [0.5, 0.6) is 0 Å². The number of hydrogen-bond donors (Lipinski definition) is 0. The van der Waals surface area contributed by atoms with Crippen molar-refractivity contribution in [1.82, 2.24) is 0 Å². The van der Waals surface area contributed by atoms with E-state index in [1.54, 1.807) is 0 Å². The monoisotopic (exact) mass is 339 g/mol. The largest absolute Gasteiger partial charge is 0.293 e. The summed E-state index contributed by atoms with van der Waals surface area (Å²) < 4.78 is 0. The Morgan fingerprint density at radius 3 is 2.52 bits per heavy atom. The van der Waals surface area contributed by atoms with Crippen molar-refractivity contribution in [1.29, 1.82) is 0 Å². The first-order valence-corrected chi connectivity index (χ1v) is 9.68. The molecule has 0 aliphatic rings. The van der Waals surface area contributed by atoms with Crippen LogP contribution in [0.4, 0.5) is 0 Å². The van der Waals surface area contributed by atoms with Gasteiger partial charge in [0.1, 0.15) is 0 Å². The standard InChI is InChI=1S/C24H37N/c1-8-14-24(6,7)15-16-25-18-23(20(4)9-2)13-12-22-17-19(3)10-11-21(22)5/h9-11,13,17-18H,8,12,14-16H2,1-7H3/b20-9-,23-13-,25-18?. The van der Waals surface area contributed by atoms with Gasteiger partial charge in [-0.15, -0.1) is 0 Å². The number of allylic oxidation sites excluding steroid dienone is 4. The molecule has 138 valence electrons. The Kier molecular flexibility index (Phi) is 8.89. The van der Waals surface area contributed by atoms with Crippen LogP contribution in [0.3, 0.4) is 0 Å². The highest BCUT2D eigenvalue weighted by atomic mass is 14.7. The molecule has 1 rings (SSSR count). The van der Waals surface area contributed by atoms with Gasteiger partial charge in [-0.25, -0.2) is 0 Å². The fourth-order valence-corrected chi connectivity index (χ4v) is 3.05. The molecule has 0 radical (unpaired) electrons. The van der Waals surface area contributed by atoms with Crippen molar-refractivity contribution in [3.8, 4) is 0 Å². The number of rotatable bonds is 9. The molecule has 0 aromatic heterocycles. The van der Waals surface area contributed by atoms with Gasteiger partial charge in [0.2, 0.25) is 0 Å². The highest BCUT2D eigenvalue weighted by Crippen LogP contribution is 2.26. The topological polar surface area (TPSA) is 12.4 Å². The minimum Gasteiger partial charge on any atom is -0.293 e. The van der Waals surface area contributed by atoms with E-state index in [1.807, 2.05) is 0 Å². The maximum Gasteiger partial charge on any atom is 0.0394 e. The Morgan fingerprint density at radius 2 is 1.88 bits per heavy atom. The molecule has 1 aromatic rings. The summed E-state index contributed by atoms with van der Waals surface area (Å²) in [5.41, 5.74) is 7.02. The van der Waals surface area contributed by atoms with Crippen molar-refractivity contribution in [2.45, 2.75) is 74.1 Å². The molecule has 1 aromatic carbocycles. The van der Waals surface area contributed by atoms with E-state index < -0.39 is 0 Å². The zero-order valence-electron chi connectivity index (χ0n) is 17.4. The van der Waals surface area contributed by atoms with Crippen LogP contribution in [0.2, 0.25) is 0 Å². The lowest BCUT2D eigenvalue weighted by molar-refractivity contribution is 0.310. The summed E-state index contributed by atoms with van der Waals surface area (Å²) in [7, 11) is 0. The quantitative estimate of drug-likeness (QED) is 0.338. The van der Waals surface area contributed by atoms with E-state index in [2.05, 4.69) is 85.0 Å². The molecule has 25 heavy (non-hydrogen) atoms. The Balaban J connectivity index is 2.80. The Morgan fingerprint density at radius 1 is 1.16 bits per heavy atom. The molecule has 0 fully saturated rings. The van der Waals surface area contributed by atoms with Gasteiger partial charge in [0, 0.05) is 12.8 Å². The van der Waals surface area contributed by atoms with Gasteiger partial charge < -0.3 is 0 Å². The van der Waals surface area contributed by atoms with Crippen molar-refractivity contribution < 1.29 is 0 Å². The molecular weight excluding hydrogens is 302 g/mol. The lowest BCUT2D eigenvalue weighted by atomic mass is 9.85. The maximum atomic E-state index is 4.73. The van der Waals surface area contributed by atoms with Crippen LogP contribution in [0.15, 0.2) is 46.5 Å². The molecule has 0 heterocycles. The first-order chi connectivity index (χ1) is 11.8. The van der Waals surface area contributed by atoms with Gasteiger partial charge in [-0.2, -0.15) is 0 Å². The summed E-state index contributed by atoms with van der Waals surface area (Å²) >= 11 is 0. The molecule has 1 nitrogen and oxygen atoms in total. The maximum absolute atomic E-state index is 4.73. The van der Waals surface area contributed by atoms with E-state index in [4.69, 9.17) is 4.99 Å². The summed E-state index contributed by atoms with van der Waals surface area (Å²) in [5, 5.41) is 0. The van der Waals surface area contributed by atoms with Gasteiger partial charge >= 0.3 is 0 Å². The fraction of sp³-hybridized carbons (Fsp3) is 0.542. The van der Waals surface area contributed by atoms with Crippen LogP contribution < -0.4 is 0 Å². The van der Waals surface area contributed by atoms with Crippen LogP contribution >= 0.6 is 0 Å². The zero-order chi connectivity index (χ0) is 18.9. The summed E-state index contributed by atoms with van der Waals surface area (Å²) in [6.07, 6.45) is 11.2. The Hall–Kier alpha value is -1.63. The minimum absolute atomic E-state index is 0.393. The van der Waals surface area contributed by atoms with E-state index in [0.29, 0.717) is 5.41 Å². The molecule has 0 bridgehead atoms. The number of benzene rings is 1. The van der Waals surface area contributed by atoms with Gasteiger partial charge in [0.05, 0.1) is 0 Å². The number of nitrogens with zero attached hydrogens (tertiary/aromatic N) is 1. The summed E-state index contributed by atoms with van der Waals surface area (Å²) in [6.45, 7) is 16.5. The second-order valence-electron chi connectivity index (χ2n) is 7.96. The SMILES string of the molecule is C/C=C(C)\C(C=NCCC(C)(C)CCC)=C/Cc1cc(C)ccc1C. The van der Waals surface area contributed by atoms with Crippen molar-refractivity contribution in [3.05, 3.63) is 58.2 Å². The first kappa shape index (κ1) is 21.4. The van der Waals surface area contributed by atoms with Crippen molar-refractivity contribution >= 4 is 6.21 Å². The predicted molar refractivity (Wildman–Crippen MR) is 114 cm³/mol. The highest BCUT2D eigenvalue weighted by molar-refractivity contribution is 5.84. The lowest BCUT2D eigenvalue weighted by Gasteiger charge is -2.22. The highest BCUT2D eigenvalue weighted by Gasteiger charge is 2.15. The summed E-state index contributed by atoms with van der Waals surface area (Å²) in [4.78, 5) is 4.73. The number of hydrogen-bond acceptors (Lipinski definition) is 1. The van der Waals surface area contributed by atoms with Gasteiger partial charge in [-0.05, 0) is 74.6 Å². The third kappa shape index (κ3) is 7.86. The fourth-order valence-electron chi connectivity index (χ4n) is 3.05. The summed E-state index contributed by atoms with van der Waals surface area (Å²) in [6, 6.07) is 6.68. The summed E-state index contributed by atoms with van der Waals surface area (Å²) in [5.74, 6) is 0. The first-order valence-electron chi connectivity index (χ1n) is 9.68. The number of aryl methyl sites for hydroxylation is 2. The molecule has 0 atom stereocenters. The van der Waals surface area contributed by atoms with E-state index in [9.17, 15) is 0 Å². The van der Waals surface area contributed by atoms with Crippen LogP contribution in [-0.2, 0) is 6.42 Å². The van der Waals surface area contributed by atoms with E-state index >= 15 is 0 Å². The number of aliphatic imine (C=N–C) groups is 1. The third-order valence-corrected chi connectivity index (χ3v) is 5.01. The van der Waals surface area contributed by atoms with Crippen molar-refractivity contribution in [2.75, 3.05) is 6.54 Å². The molecule has 0 saturated carbocycles. The molecule has 0 aliphatic carbocycles. The van der Waals surface area contributed by atoms with Gasteiger partial charge in [0.15, 0.2) is 0 Å². The molecule has 0 spiro atoms. The van der Waals surface area contributed by atoms with Gasteiger partial charge in [0.25, 0.3) is 0 Å². The molecule has 0 saturated heterocycles. The van der Waals surface area contributed by atoms with E-state index in [-0.39, 0.29) is 0 Å². The van der Waals surface area contributed by atoms with Crippen molar-refractivity contribution in [2.24, 2.45) is 10.4 Å². The predicted octanol–water partition coefficient (Wildman–Crippen LogP) is 7.03. The van der Waals surface area contributed by atoms with E-state index in [1.165, 1.54) is 40.7 Å².